The molecule has 0 saturated carbocycles. The van der Waals surface area contributed by atoms with Crippen LogP contribution in [0, 0.1) is 6.92 Å². The Morgan fingerprint density at radius 3 is 2.17 bits per heavy atom. The van der Waals surface area contributed by atoms with Crippen molar-refractivity contribution >= 4 is 5.91 Å². The van der Waals surface area contributed by atoms with Gasteiger partial charge >= 0.3 is 0 Å². The summed E-state index contributed by atoms with van der Waals surface area (Å²) in [4.78, 5) is 15.5. The number of benzene rings is 3. The summed E-state index contributed by atoms with van der Waals surface area (Å²) in [6, 6.07) is 18.6. The van der Waals surface area contributed by atoms with Crippen LogP contribution in [0.4, 0.5) is 0 Å². The number of nitrogens with zero attached hydrogens (tertiary/aromatic N) is 2. The zero-order chi connectivity index (χ0) is 25.4. The van der Waals surface area contributed by atoms with Crippen molar-refractivity contribution in [2.45, 2.75) is 19.5 Å². The van der Waals surface area contributed by atoms with Gasteiger partial charge in [-0.2, -0.15) is 5.10 Å². The molecule has 1 atom stereocenters. The Morgan fingerprint density at radius 2 is 1.58 bits per heavy atom. The van der Waals surface area contributed by atoms with E-state index in [-0.39, 0.29) is 23.2 Å². The molecule has 1 amide bonds. The third-order valence-corrected chi connectivity index (χ3v) is 6.52. The fourth-order valence-electron chi connectivity index (χ4n) is 4.64. The molecule has 1 aliphatic rings. The molecule has 0 fully saturated rings. The summed E-state index contributed by atoms with van der Waals surface area (Å²) in [5.41, 5.74) is 5.59. The van der Waals surface area contributed by atoms with E-state index in [1.807, 2.05) is 55.5 Å². The maximum absolute atomic E-state index is 13.7. The number of phenols is 1. The summed E-state index contributed by atoms with van der Waals surface area (Å²) >= 11 is 0. The predicted octanol–water partition coefficient (Wildman–Crippen LogP) is 4.86. The minimum absolute atomic E-state index is 0.0963. The van der Waals surface area contributed by atoms with Gasteiger partial charge in [-0.3, -0.25) is 9.89 Å². The second-order valence-electron chi connectivity index (χ2n) is 8.68. The third kappa shape index (κ3) is 3.90. The largest absolute Gasteiger partial charge is 0.502 e. The molecule has 1 unspecified atom stereocenters. The van der Waals surface area contributed by atoms with Crippen LogP contribution in [0.1, 0.15) is 38.8 Å². The molecule has 5 rings (SSSR count). The molecule has 36 heavy (non-hydrogen) atoms. The van der Waals surface area contributed by atoms with Crippen LogP contribution in [0.2, 0.25) is 0 Å². The van der Waals surface area contributed by atoms with E-state index in [0.29, 0.717) is 17.9 Å². The van der Waals surface area contributed by atoms with Crippen molar-refractivity contribution in [3.63, 3.8) is 0 Å². The number of carbonyl (C=O) groups is 1. The van der Waals surface area contributed by atoms with Crippen LogP contribution in [-0.4, -0.2) is 47.4 Å². The third-order valence-electron chi connectivity index (χ3n) is 6.52. The fraction of sp³-hybridized carbons (Fsp3) is 0.214. The van der Waals surface area contributed by atoms with Crippen molar-refractivity contribution < 1.29 is 24.1 Å². The number of amides is 1. The first kappa shape index (κ1) is 23.3. The van der Waals surface area contributed by atoms with Gasteiger partial charge in [-0.1, -0.05) is 29.8 Å². The second-order valence-corrected chi connectivity index (χ2v) is 8.68. The molecule has 8 nitrogen and oxygen atoms in total. The number of H-pyrrole nitrogens is 1. The van der Waals surface area contributed by atoms with E-state index in [1.165, 1.54) is 14.2 Å². The molecular weight excluding hydrogens is 458 g/mol. The first-order valence-corrected chi connectivity index (χ1v) is 11.5. The van der Waals surface area contributed by atoms with E-state index < -0.39 is 6.04 Å². The van der Waals surface area contributed by atoms with E-state index in [4.69, 9.17) is 14.2 Å². The number of fused-ring (bicyclic) bond motifs is 1. The Labute approximate surface area is 209 Å². The summed E-state index contributed by atoms with van der Waals surface area (Å²) in [5.74, 6) is 0.993. The monoisotopic (exact) mass is 485 g/mol. The smallest absolute Gasteiger partial charge is 0.273 e. The van der Waals surface area contributed by atoms with Gasteiger partial charge in [0, 0.05) is 17.7 Å². The lowest BCUT2D eigenvalue weighted by Crippen LogP contribution is -2.29. The number of aromatic amines is 1. The topological polar surface area (TPSA) is 96.9 Å². The summed E-state index contributed by atoms with van der Waals surface area (Å²) in [5, 5.41) is 18.0. The predicted molar refractivity (Wildman–Crippen MR) is 135 cm³/mol. The number of rotatable bonds is 7. The summed E-state index contributed by atoms with van der Waals surface area (Å²) in [6.45, 7) is 2.42. The summed E-state index contributed by atoms with van der Waals surface area (Å²) in [7, 11) is 4.58. The van der Waals surface area contributed by atoms with Crippen LogP contribution in [0.25, 0.3) is 11.3 Å². The van der Waals surface area contributed by atoms with Crippen LogP contribution < -0.4 is 14.2 Å². The fourth-order valence-corrected chi connectivity index (χ4v) is 4.64. The molecule has 1 aliphatic heterocycles. The molecule has 8 heteroatoms. The Balaban J connectivity index is 1.68. The zero-order valence-corrected chi connectivity index (χ0v) is 20.5. The number of hydrogen-bond donors (Lipinski definition) is 2. The van der Waals surface area contributed by atoms with Crippen molar-refractivity contribution in [3.05, 3.63) is 88.6 Å². The van der Waals surface area contributed by atoms with Crippen LogP contribution in [0.15, 0.2) is 60.7 Å². The highest BCUT2D eigenvalue weighted by Crippen LogP contribution is 2.47. The van der Waals surface area contributed by atoms with Crippen LogP contribution in [-0.2, 0) is 6.54 Å². The number of carbonyl (C=O) groups excluding carboxylic acids is 1. The van der Waals surface area contributed by atoms with Gasteiger partial charge in [0.1, 0.15) is 11.4 Å². The van der Waals surface area contributed by atoms with Gasteiger partial charge in [0.15, 0.2) is 11.5 Å². The molecule has 184 valence electrons. The van der Waals surface area contributed by atoms with Crippen molar-refractivity contribution in [1.82, 2.24) is 15.1 Å². The number of hydrogen-bond acceptors (Lipinski definition) is 6. The number of aromatic hydroxyl groups is 1. The average Bonchev–Trinajstić information content (AvgIpc) is 3.44. The average molecular weight is 486 g/mol. The second kappa shape index (κ2) is 9.30. The Hall–Kier alpha value is -4.46. The molecule has 2 heterocycles. The highest BCUT2D eigenvalue weighted by molar-refractivity contribution is 6.00. The van der Waals surface area contributed by atoms with Gasteiger partial charge in [-0.25, -0.2) is 0 Å². The van der Waals surface area contributed by atoms with Gasteiger partial charge in [-0.15, -0.1) is 0 Å². The standard InChI is InChI=1S/C28H27N3O5/c1-16-5-7-17(8-6-16)15-31-26(19-13-21(35-3)27(32)22(14-19)36-4)23-24(29-30-25(23)28(31)33)18-9-11-20(34-2)12-10-18/h5-14,26,32H,15H2,1-4H3,(H,29,30). The molecule has 4 aromatic rings. The SMILES string of the molecule is COc1ccc(-c2n[nH]c3c2C(c2cc(OC)c(O)c(OC)c2)N(Cc2ccc(C)cc2)C3=O)cc1. The number of ether oxygens (including phenoxy) is 3. The van der Waals surface area contributed by atoms with Crippen molar-refractivity contribution in [2.24, 2.45) is 0 Å². The molecule has 0 bridgehead atoms. The molecule has 1 aromatic heterocycles. The quantitative estimate of drug-likeness (QED) is 0.388. The van der Waals surface area contributed by atoms with Crippen LogP contribution in [0.3, 0.4) is 0 Å². The van der Waals surface area contributed by atoms with Gasteiger partial charge in [0.25, 0.3) is 5.91 Å². The first-order chi connectivity index (χ1) is 17.4. The Morgan fingerprint density at radius 1 is 0.944 bits per heavy atom. The molecule has 3 aromatic carbocycles. The number of methoxy groups -OCH3 is 3. The van der Waals surface area contributed by atoms with E-state index in [2.05, 4.69) is 10.2 Å². The number of phenolic OH excluding ortho intramolecular Hbond substituents is 1. The maximum atomic E-state index is 13.7. The van der Waals surface area contributed by atoms with Gasteiger partial charge < -0.3 is 24.2 Å². The van der Waals surface area contributed by atoms with Crippen molar-refractivity contribution in [3.8, 4) is 34.3 Å². The van der Waals surface area contributed by atoms with Gasteiger partial charge in [-0.05, 0) is 54.4 Å². The van der Waals surface area contributed by atoms with E-state index in [9.17, 15) is 9.90 Å². The highest BCUT2D eigenvalue weighted by atomic mass is 16.5. The van der Waals surface area contributed by atoms with Gasteiger partial charge in [0.2, 0.25) is 5.75 Å². The maximum Gasteiger partial charge on any atom is 0.273 e. The summed E-state index contributed by atoms with van der Waals surface area (Å²) in [6.07, 6.45) is 0. The van der Waals surface area contributed by atoms with Crippen LogP contribution >= 0.6 is 0 Å². The lowest BCUT2D eigenvalue weighted by Gasteiger charge is -2.27. The molecule has 0 saturated heterocycles. The van der Waals surface area contributed by atoms with Crippen molar-refractivity contribution in [2.75, 3.05) is 21.3 Å². The molecule has 0 spiro atoms. The lowest BCUT2D eigenvalue weighted by molar-refractivity contribution is 0.0729. The first-order valence-electron chi connectivity index (χ1n) is 11.5. The molecule has 0 radical (unpaired) electrons. The van der Waals surface area contributed by atoms with Crippen molar-refractivity contribution in [1.29, 1.82) is 0 Å². The minimum Gasteiger partial charge on any atom is -0.502 e. The minimum atomic E-state index is -0.493. The van der Waals surface area contributed by atoms with E-state index in [1.54, 1.807) is 24.1 Å². The van der Waals surface area contributed by atoms with Gasteiger partial charge in [0.05, 0.1) is 33.1 Å². The number of aromatic nitrogens is 2. The zero-order valence-electron chi connectivity index (χ0n) is 20.5. The van der Waals surface area contributed by atoms with Crippen LogP contribution in [0.5, 0.6) is 23.0 Å². The van der Waals surface area contributed by atoms with E-state index in [0.717, 1.165) is 33.6 Å². The Bertz CT molecular complexity index is 1390. The normalized spacial score (nSPS) is 14.6. The summed E-state index contributed by atoms with van der Waals surface area (Å²) < 4.78 is 16.1. The molecular formula is C28H27N3O5. The number of nitrogens with one attached hydrogen (secondary N) is 1. The lowest BCUT2D eigenvalue weighted by atomic mass is 9.95. The highest BCUT2D eigenvalue weighted by Gasteiger charge is 2.42. The Kier molecular flexibility index (Phi) is 6.01. The molecule has 2 N–H and O–H groups in total. The number of aryl methyl sites for hydroxylation is 1. The molecule has 0 aliphatic carbocycles. The van der Waals surface area contributed by atoms with E-state index >= 15 is 0 Å².